The number of pyridine rings is 2. The van der Waals surface area contributed by atoms with Gasteiger partial charge in [-0.1, -0.05) is 136 Å². The van der Waals surface area contributed by atoms with Gasteiger partial charge in [0, 0.05) is 74.5 Å². The Balaban J connectivity index is 0.818. The van der Waals surface area contributed by atoms with Gasteiger partial charge < -0.3 is 9.80 Å². The highest BCUT2D eigenvalue weighted by Crippen LogP contribution is 2.61. The van der Waals surface area contributed by atoms with Gasteiger partial charge in [-0.25, -0.2) is 0 Å². The summed E-state index contributed by atoms with van der Waals surface area (Å²) in [5.74, 6) is 3.46. The summed E-state index contributed by atoms with van der Waals surface area (Å²) in [6.07, 6.45) is 18.3. The van der Waals surface area contributed by atoms with E-state index < -0.39 is 0 Å². The molecule has 0 N–H and O–H groups in total. The van der Waals surface area contributed by atoms with E-state index >= 15 is 19.2 Å². The molecular formula is C70H66BN5O4. The lowest BCUT2D eigenvalue weighted by Gasteiger charge is -2.74. The number of rotatable bonds is 2. The van der Waals surface area contributed by atoms with Crippen molar-refractivity contribution in [3.05, 3.63) is 148 Å². The number of carbonyl (C=O) groups is 2. The highest BCUT2D eigenvalue weighted by atomic mass is 16.2. The summed E-state index contributed by atoms with van der Waals surface area (Å²) in [6.45, 7) is -0.195. The van der Waals surface area contributed by atoms with Crippen molar-refractivity contribution in [2.24, 2.45) is 35.5 Å². The number of piperazine rings is 2. The molecule has 9 nitrogen and oxygen atoms in total. The van der Waals surface area contributed by atoms with Crippen LogP contribution in [-0.2, 0) is 9.59 Å². The SMILES string of the molecule is O=C1C2CCCCC2C2CC(c3ccc(-c4c5c6ccccc6c(=O)n6c5c5c7c4c4ccccc4c(=O)n7-c4ccccc4B5c4ccccc4-6)cc3)CC3C2N1C1CCC2C4CCCCC4C(=O)N4C5CCCCC5N3C1C24. The lowest BCUT2D eigenvalue weighted by atomic mass is 9.34. The third kappa shape index (κ3) is 5.65. The molecule has 11 aliphatic rings. The molecule has 398 valence electrons. The minimum absolute atomic E-state index is 0.0461. The van der Waals surface area contributed by atoms with Crippen LogP contribution in [0.2, 0.25) is 0 Å². The first-order chi connectivity index (χ1) is 39.4. The summed E-state index contributed by atoms with van der Waals surface area (Å²) >= 11 is 0. The molecule has 5 saturated carbocycles. The van der Waals surface area contributed by atoms with Crippen molar-refractivity contribution in [3.8, 4) is 22.5 Å². The maximum Gasteiger partial charge on any atom is 0.263 e. The number of hydrogen-bond donors (Lipinski definition) is 0. The molecule has 2 aromatic heterocycles. The largest absolute Gasteiger partial charge is 0.333 e. The summed E-state index contributed by atoms with van der Waals surface area (Å²) in [5.41, 5.74) is 10.1. The number of benzene rings is 6. The second-order valence-electron chi connectivity index (χ2n) is 26.9. The molecule has 0 radical (unpaired) electrons. The van der Waals surface area contributed by atoms with Gasteiger partial charge >= 0.3 is 0 Å². The molecule has 19 rings (SSSR count). The normalized spacial score (nSPS) is 33.2. The van der Waals surface area contributed by atoms with Gasteiger partial charge in [-0.2, -0.15) is 0 Å². The van der Waals surface area contributed by atoms with Crippen LogP contribution in [-0.4, -0.2) is 84.7 Å². The van der Waals surface area contributed by atoms with Crippen LogP contribution in [0.3, 0.4) is 0 Å². The standard InChI is InChI=1S/C70H66BN5O4/c77-67-45-19-5-1-15-40(45)44-33-34-56-64-63(44)75(67)55-28-14-13-27-54(55)72(64)57-36-39(35-49-41-16-2-6-20-46(41)68(78)76(56)62(49)57)37-29-31-38(32-30-37)58-59-42-17-3-7-21-47(42)69(79)73-52-25-11-9-23-50(52)71-51-24-10-12-26-53(51)74-66(61(71)65(59)73)60(58)43-18-4-8-22-48(43)70(74)80/h3-4,7-12,17-18,21-26,29-32,39-41,44-46,49,54-57,62-64H,1-2,5-6,13-16,19-20,27-28,33-36H2. The molecule has 8 aromatic rings. The van der Waals surface area contributed by atoms with Crippen molar-refractivity contribution in [2.75, 3.05) is 0 Å². The Morgan fingerprint density at radius 3 is 1.56 bits per heavy atom. The maximum atomic E-state index is 15.6. The molecule has 0 bridgehead atoms. The van der Waals surface area contributed by atoms with E-state index in [9.17, 15) is 0 Å². The molecule has 6 aliphatic heterocycles. The van der Waals surface area contributed by atoms with Crippen LogP contribution in [0.5, 0.6) is 0 Å². The molecule has 9 fully saturated rings. The van der Waals surface area contributed by atoms with E-state index in [2.05, 4.69) is 99.6 Å². The Labute approximate surface area is 466 Å². The van der Waals surface area contributed by atoms with Gasteiger partial charge in [-0.15, -0.1) is 0 Å². The van der Waals surface area contributed by atoms with Crippen LogP contribution < -0.4 is 27.5 Å². The number of hydrogen-bond acceptors (Lipinski definition) is 5. The highest BCUT2D eigenvalue weighted by molar-refractivity contribution is 7.00. The number of para-hydroxylation sites is 2. The number of carbonyl (C=O) groups excluding carboxylic acids is 2. The van der Waals surface area contributed by atoms with Crippen molar-refractivity contribution < 1.29 is 9.59 Å². The van der Waals surface area contributed by atoms with Crippen LogP contribution in [0.15, 0.2) is 131 Å². The lowest BCUT2D eigenvalue weighted by Crippen LogP contribution is -2.87. The zero-order valence-electron chi connectivity index (χ0n) is 45.4. The molecule has 4 saturated heterocycles. The van der Waals surface area contributed by atoms with Gasteiger partial charge in [0.25, 0.3) is 17.8 Å². The van der Waals surface area contributed by atoms with Gasteiger partial charge in [0.15, 0.2) is 0 Å². The fraction of sp³-hybridized carbons (Fsp3) is 0.429. The van der Waals surface area contributed by atoms with Gasteiger partial charge in [0.1, 0.15) is 0 Å². The summed E-state index contributed by atoms with van der Waals surface area (Å²) in [7, 11) is 0. The summed E-state index contributed by atoms with van der Waals surface area (Å²) < 4.78 is 3.97. The zero-order valence-corrected chi connectivity index (χ0v) is 45.4. The number of piperidine rings is 2. The first-order valence-corrected chi connectivity index (χ1v) is 31.3. The zero-order chi connectivity index (χ0) is 52.5. The minimum Gasteiger partial charge on any atom is -0.333 e. The molecule has 6 aromatic carbocycles. The summed E-state index contributed by atoms with van der Waals surface area (Å²) in [5, 5.41) is 5.31. The Hall–Kier alpha value is -6.78. The Morgan fingerprint density at radius 2 is 0.938 bits per heavy atom. The summed E-state index contributed by atoms with van der Waals surface area (Å²) in [6, 6.07) is 44.6. The van der Waals surface area contributed by atoms with Crippen molar-refractivity contribution in [1.29, 1.82) is 0 Å². The van der Waals surface area contributed by atoms with Gasteiger partial charge in [-0.3, -0.25) is 33.2 Å². The van der Waals surface area contributed by atoms with Crippen LogP contribution in [0.4, 0.5) is 0 Å². The molecule has 5 aliphatic carbocycles. The van der Waals surface area contributed by atoms with Crippen LogP contribution in [0, 0.1) is 35.5 Å². The van der Waals surface area contributed by atoms with Crippen molar-refractivity contribution in [3.63, 3.8) is 0 Å². The number of amides is 2. The van der Waals surface area contributed by atoms with E-state index in [1.54, 1.807) is 0 Å². The average molecular weight is 1050 g/mol. The van der Waals surface area contributed by atoms with E-state index in [4.69, 9.17) is 0 Å². The first-order valence-electron chi connectivity index (χ1n) is 31.3. The Kier molecular flexibility index (Phi) is 9.44. The molecule has 80 heavy (non-hydrogen) atoms. The lowest BCUT2D eigenvalue weighted by molar-refractivity contribution is -0.240. The predicted octanol–water partition coefficient (Wildman–Crippen LogP) is 10.1. The molecular weight excluding hydrogens is 986 g/mol. The monoisotopic (exact) mass is 1050 g/mol. The third-order valence-corrected chi connectivity index (χ3v) is 24.1. The molecule has 0 spiro atoms. The van der Waals surface area contributed by atoms with Crippen LogP contribution in [0.1, 0.15) is 114 Å². The number of fused-ring (bicyclic) bond motifs is 19. The Bertz CT molecular complexity index is 4040. The fourth-order valence-corrected chi connectivity index (χ4v) is 21.5. The smallest absolute Gasteiger partial charge is 0.263 e. The van der Waals surface area contributed by atoms with Crippen molar-refractivity contribution in [2.45, 2.75) is 151 Å². The molecule has 14 unspecified atom stereocenters. The van der Waals surface area contributed by atoms with Gasteiger partial charge in [-0.05, 0) is 156 Å². The van der Waals surface area contributed by atoms with Gasteiger partial charge in [0.05, 0.1) is 29.2 Å². The molecule has 8 heterocycles. The minimum atomic E-state index is -0.195. The van der Waals surface area contributed by atoms with Crippen LogP contribution >= 0.6 is 0 Å². The topological polar surface area (TPSA) is 87.9 Å². The fourth-order valence-electron chi connectivity index (χ4n) is 21.5. The molecule has 10 heteroatoms. The van der Waals surface area contributed by atoms with Crippen molar-refractivity contribution in [1.82, 2.24) is 23.8 Å². The Morgan fingerprint density at radius 1 is 0.412 bits per heavy atom. The number of nitrogens with zero attached hydrogens (tertiary/aromatic N) is 5. The second kappa shape index (κ2) is 16.5. The average Bonchev–Trinajstić information content (AvgIpc) is 2.87. The molecule has 2 amide bonds. The molecule has 14 atom stereocenters. The second-order valence-corrected chi connectivity index (χ2v) is 26.9. The maximum absolute atomic E-state index is 15.6. The van der Waals surface area contributed by atoms with Gasteiger partial charge in [0.2, 0.25) is 11.8 Å². The first kappa shape index (κ1) is 45.9. The number of aromatic nitrogens is 2. The van der Waals surface area contributed by atoms with E-state index in [0.717, 1.165) is 136 Å². The van der Waals surface area contributed by atoms with E-state index in [1.165, 1.54) is 44.1 Å². The quantitative estimate of drug-likeness (QED) is 0.0978. The van der Waals surface area contributed by atoms with Crippen molar-refractivity contribution >= 4 is 78.3 Å². The van der Waals surface area contributed by atoms with E-state index in [0.29, 0.717) is 58.2 Å². The summed E-state index contributed by atoms with van der Waals surface area (Å²) in [4.78, 5) is 69.7. The predicted molar refractivity (Wildman–Crippen MR) is 317 cm³/mol. The van der Waals surface area contributed by atoms with E-state index in [-0.39, 0.29) is 65.9 Å². The van der Waals surface area contributed by atoms with E-state index in [1.807, 2.05) is 45.5 Å². The van der Waals surface area contributed by atoms with Crippen LogP contribution in [0.25, 0.3) is 65.9 Å². The highest BCUT2D eigenvalue weighted by Gasteiger charge is 2.69. The third-order valence-electron chi connectivity index (χ3n) is 24.1.